The van der Waals surface area contributed by atoms with Gasteiger partial charge in [0, 0.05) is 24.4 Å². The number of aryl methyl sites for hydroxylation is 1. The maximum Gasteiger partial charge on any atom is 0.212 e. The summed E-state index contributed by atoms with van der Waals surface area (Å²) in [5.74, 6) is 0.0545. The maximum absolute atomic E-state index is 11.7. The predicted octanol–water partition coefficient (Wildman–Crippen LogP) is 0.281. The van der Waals surface area contributed by atoms with Crippen molar-refractivity contribution in [2.24, 2.45) is 5.73 Å². The van der Waals surface area contributed by atoms with E-state index >= 15 is 0 Å². The van der Waals surface area contributed by atoms with Crippen LogP contribution in [0.3, 0.4) is 0 Å². The van der Waals surface area contributed by atoms with Gasteiger partial charge in [-0.1, -0.05) is 6.07 Å². The highest BCUT2D eigenvalue weighted by Crippen LogP contribution is 1.99. The lowest BCUT2D eigenvalue weighted by Crippen LogP contribution is -2.36. The highest BCUT2D eigenvalue weighted by Gasteiger charge is 2.14. The summed E-state index contributed by atoms with van der Waals surface area (Å²) in [6.07, 6.45) is 2.72. The summed E-state index contributed by atoms with van der Waals surface area (Å²) in [6.45, 7) is 2.29. The summed E-state index contributed by atoms with van der Waals surface area (Å²) in [5.41, 5.74) is 6.15. The SMILES string of the molecule is CC(CCN)NS(=O)(=O)CCc1ccccn1. The third kappa shape index (κ3) is 5.76. The van der Waals surface area contributed by atoms with Gasteiger partial charge >= 0.3 is 0 Å². The van der Waals surface area contributed by atoms with E-state index in [1.54, 1.807) is 12.3 Å². The lowest BCUT2D eigenvalue weighted by atomic mass is 10.3. The molecular formula is C11H19N3O2S. The number of sulfonamides is 1. The van der Waals surface area contributed by atoms with E-state index in [2.05, 4.69) is 9.71 Å². The van der Waals surface area contributed by atoms with Crippen molar-refractivity contribution in [1.29, 1.82) is 0 Å². The fourth-order valence-electron chi connectivity index (χ4n) is 1.46. The summed E-state index contributed by atoms with van der Waals surface area (Å²) in [6, 6.07) is 5.35. The van der Waals surface area contributed by atoms with E-state index in [0.717, 1.165) is 5.69 Å². The molecule has 17 heavy (non-hydrogen) atoms. The average molecular weight is 257 g/mol. The molecule has 5 nitrogen and oxygen atoms in total. The Morgan fingerprint density at radius 1 is 1.47 bits per heavy atom. The van der Waals surface area contributed by atoms with E-state index in [-0.39, 0.29) is 11.8 Å². The minimum absolute atomic E-state index is 0.0545. The number of nitrogens with two attached hydrogens (primary N) is 1. The Hall–Kier alpha value is -0.980. The van der Waals surface area contributed by atoms with Gasteiger partial charge in [-0.2, -0.15) is 0 Å². The molecule has 1 heterocycles. The first-order chi connectivity index (χ1) is 8.03. The van der Waals surface area contributed by atoms with E-state index < -0.39 is 10.0 Å². The first kappa shape index (κ1) is 14.1. The molecule has 1 atom stereocenters. The van der Waals surface area contributed by atoms with Crippen LogP contribution in [0.25, 0.3) is 0 Å². The van der Waals surface area contributed by atoms with Crippen LogP contribution in [0.15, 0.2) is 24.4 Å². The highest BCUT2D eigenvalue weighted by atomic mass is 32.2. The van der Waals surface area contributed by atoms with Crippen LogP contribution in [-0.4, -0.2) is 31.7 Å². The summed E-state index contributed by atoms with van der Waals surface area (Å²) in [5, 5.41) is 0. The normalized spacial score (nSPS) is 13.5. The van der Waals surface area contributed by atoms with Crippen LogP contribution >= 0.6 is 0 Å². The summed E-state index contributed by atoms with van der Waals surface area (Å²) >= 11 is 0. The van der Waals surface area contributed by atoms with E-state index in [1.807, 2.05) is 19.1 Å². The summed E-state index contributed by atoms with van der Waals surface area (Å²) < 4.78 is 26.0. The van der Waals surface area contributed by atoms with Crippen molar-refractivity contribution in [3.8, 4) is 0 Å². The van der Waals surface area contributed by atoms with E-state index in [4.69, 9.17) is 5.73 Å². The third-order valence-electron chi connectivity index (χ3n) is 2.33. The fraction of sp³-hybridized carbons (Fsp3) is 0.545. The maximum atomic E-state index is 11.7. The molecule has 0 fully saturated rings. The van der Waals surface area contributed by atoms with Gasteiger partial charge in [-0.25, -0.2) is 13.1 Å². The molecule has 0 bridgehead atoms. The molecule has 96 valence electrons. The van der Waals surface area contributed by atoms with Crippen LogP contribution in [0.1, 0.15) is 19.0 Å². The number of hydrogen-bond acceptors (Lipinski definition) is 4. The van der Waals surface area contributed by atoms with Gasteiger partial charge in [0.1, 0.15) is 0 Å². The van der Waals surface area contributed by atoms with Crippen LogP contribution in [0.5, 0.6) is 0 Å². The van der Waals surface area contributed by atoms with E-state index in [1.165, 1.54) is 0 Å². The minimum atomic E-state index is -3.25. The monoisotopic (exact) mass is 257 g/mol. The molecule has 3 N–H and O–H groups in total. The van der Waals surface area contributed by atoms with Crippen LogP contribution in [0.2, 0.25) is 0 Å². The van der Waals surface area contributed by atoms with Crippen molar-refractivity contribution < 1.29 is 8.42 Å². The molecule has 0 aliphatic rings. The molecule has 0 aliphatic heterocycles. The van der Waals surface area contributed by atoms with Crippen LogP contribution in [0, 0.1) is 0 Å². The zero-order chi connectivity index (χ0) is 12.7. The first-order valence-electron chi connectivity index (χ1n) is 5.63. The standard InChI is InChI=1S/C11H19N3O2S/c1-10(5-7-12)14-17(15,16)9-6-11-4-2-3-8-13-11/h2-4,8,10,14H,5-7,9,12H2,1H3. The largest absolute Gasteiger partial charge is 0.330 e. The Morgan fingerprint density at radius 2 is 2.24 bits per heavy atom. The van der Waals surface area contributed by atoms with Crippen molar-refractivity contribution in [3.05, 3.63) is 30.1 Å². The zero-order valence-corrected chi connectivity index (χ0v) is 10.8. The molecule has 1 unspecified atom stereocenters. The van der Waals surface area contributed by atoms with Gasteiger partial charge in [0.2, 0.25) is 10.0 Å². The van der Waals surface area contributed by atoms with Gasteiger partial charge < -0.3 is 5.73 Å². The van der Waals surface area contributed by atoms with Crippen molar-refractivity contribution in [2.45, 2.75) is 25.8 Å². The van der Waals surface area contributed by atoms with Gasteiger partial charge in [-0.05, 0) is 32.0 Å². The van der Waals surface area contributed by atoms with Crippen LogP contribution in [0.4, 0.5) is 0 Å². The van der Waals surface area contributed by atoms with Crippen molar-refractivity contribution in [3.63, 3.8) is 0 Å². The molecule has 0 saturated heterocycles. The molecule has 0 aliphatic carbocycles. The molecule has 1 aromatic heterocycles. The zero-order valence-electron chi connectivity index (χ0n) is 9.96. The van der Waals surface area contributed by atoms with E-state index in [9.17, 15) is 8.42 Å². The number of hydrogen-bond donors (Lipinski definition) is 2. The predicted molar refractivity (Wildman–Crippen MR) is 68.0 cm³/mol. The van der Waals surface area contributed by atoms with Gasteiger partial charge in [0.25, 0.3) is 0 Å². The average Bonchev–Trinajstić information content (AvgIpc) is 2.27. The smallest absolute Gasteiger partial charge is 0.212 e. The van der Waals surface area contributed by atoms with Gasteiger partial charge in [0.05, 0.1) is 5.75 Å². The summed E-state index contributed by atoms with van der Waals surface area (Å²) in [7, 11) is -3.25. The number of nitrogens with zero attached hydrogens (tertiary/aromatic N) is 1. The lowest BCUT2D eigenvalue weighted by molar-refractivity contribution is 0.549. The number of rotatable bonds is 7. The minimum Gasteiger partial charge on any atom is -0.330 e. The van der Waals surface area contributed by atoms with Gasteiger partial charge in [-0.3, -0.25) is 4.98 Å². The number of aromatic nitrogens is 1. The van der Waals surface area contributed by atoms with Crippen LogP contribution < -0.4 is 10.5 Å². The van der Waals surface area contributed by atoms with Gasteiger partial charge in [-0.15, -0.1) is 0 Å². The molecule has 0 radical (unpaired) electrons. The molecule has 0 saturated carbocycles. The second kappa shape index (κ2) is 6.68. The molecule has 1 rings (SSSR count). The second-order valence-corrected chi connectivity index (χ2v) is 5.86. The number of nitrogens with one attached hydrogen (secondary N) is 1. The lowest BCUT2D eigenvalue weighted by Gasteiger charge is -2.12. The van der Waals surface area contributed by atoms with Crippen molar-refractivity contribution >= 4 is 10.0 Å². The van der Waals surface area contributed by atoms with Gasteiger partial charge in [0.15, 0.2) is 0 Å². The summed E-state index contributed by atoms with van der Waals surface area (Å²) in [4.78, 5) is 4.09. The number of pyridine rings is 1. The quantitative estimate of drug-likeness (QED) is 0.735. The Kier molecular flexibility index (Phi) is 5.54. The van der Waals surface area contributed by atoms with Crippen molar-refractivity contribution in [2.75, 3.05) is 12.3 Å². The Bertz CT molecular complexity index is 420. The Morgan fingerprint density at radius 3 is 2.82 bits per heavy atom. The topological polar surface area (TPSA) is 85.1 Å². The van der Waals surface area contributed by atoms with Crippen LogP contribution in [-0.2, 0) is 16.4 Å². The Labute approximate surface area is 102 Å². The highest BCUT2D eigenvalue weighted by molar-refractivity contribution is 7.89. The third-order valence-corrected chi connectivity index (χ3v) is 3.84. The van der Waals surface area contributed by atoms with Crippen molar-refractivity contribution in [1.82, 2.24) is 9.71 Å². The first-order valence-corrected chi connectivity index (χ1v) is 7.28. The second-order valence-electron chi connectivity index (χ2n) is 3.99. The fourth-order valence-corrected chi connectivity index (χ4v) is 2.79. The molecule has 6 heteroatoms. The Balaban J connectivity index is 2.45. The van der Waals surface area contributed by atoms with E-state index in [0.29, 0.717) is 19.4 Å². The molecular weight excluding hydrogens is 238 g/mol. The molecule has 0 aromatic carbocycles. The molecule has 1 aromatic rings. The molecule has 0 spiro atoms. The molecule has 0 amide bonds.